The summed E-state index contributed by atoms with van der Waals surface area (Å²) in [5, 5.41) is 0. The molecule has 2 aromatic rings. The second-order valence-electron chi connectivity index (χ2n) is 5.77. The second-order valence-corrected chi connectivity index (χ2v) is 8.99. The third-order valence-corrected chi connectivity index (χ3v) is 7.38. The Bertz CT molecular complexity index is 757. The van der Waals surface area contributed by atoms with Crippen LogP contribution in [0.5, 0.6) is 5.75 Å². The van der Waals surface area contributed by atoms with Gasteiger partial charge in [0.25, 0.3) is 5.91 Å². The van der Waals surface area contributed by atoms with Gasteiger partial charge in [-0.15, -0.1) is 11.3 Å². The molecule has 0 radical (unpaired) electrons. The lowest BCUT2D eigenvalue weighted by molar-refractivity contribution is 0.0633. The molecule has 134 valence electrons. The molecule has 1 amide bonds. The van der Waals surface area contributed by atoms with Crippen molar-refractivity contribution < 1.29 is 13.9 Å². The SMILES string of the molecule is COc1ccc(CN2CCN(C(=O)c3cc(Br)c(Br)s3)CC2)cc1F. The van der Waals surface area contributed by atoms with Gasteiger partial charge in [-0.1, -0.05) is 6.07 Å². The number of rotatable bonds is 4. The van der Waals surface area contributed by atoms with Crippen LogP contribution in [-0.4, -0.2) is 49.0 Å². The van der Waals surface area contributed by atoms with Gasteiger partial charge in [0.15, 0.2) is 11.6 Å². The largest absolute Gasteiger partial charge is 0.494 e. The number of nitrogens with zero attached hydrogens (tertiary/aromatic N) is 2. The molecule has 1 aromatic carbocycles. The molecule has 0 N–H and O–H groups in total. The Hall–Kier alpha value is -0.960. The highest BCUT2D eigenvalue weighted by Gasteiger charge is 2.24. The molecule has 2 heterocycles. The van der Waals surface area contributed by atoms with Crippen molar-refractivity contribution in [1.29, 1.82) is 0 Å². The van der Waals surface area contributed by atoms with Gasteiger partial charge in [-0.25, -0.2) is 4.39 Å². The van der Waals surface area contributed by atoms with E-state index in [0.717, 1.165) is 31.8 Å². The fourth-order valence-electron chi connectivity index (χ4n) is 2.78. The Morgan fingerprint density at radius 3 is 2.52 bits per heavy atom. The average molecular weight is 492 g/mol. The number of amides is 1. The predicted octanol–water partition coefficient (Wildman–Crippen LogP) is 4.38. The zero-order valence-electron chi connectivity index (χ0n) is 13.6. The van der Waals surface area contributed by atoms with Crippen LogP contribution in [0.4, 0.5) is 4.39 Å². The van der Waals surface area contributed by atoms with Crippen LogP contribution in [0, 0.1) is 5.82 Å². The van der Waals surface area contributed by atoms with E-state index in [2.05, 4.69) is 36.8 Å². The monoisotopic (exact) mass is 490 g/mol. The first-order valence-electron chi connectivity index (χ1n) is 7.77. The van der Waals surface area contributed by atoms with Gasteiger partial charge in [-0.2, -0.15) is 0 Å². The molecule has 1 aromatic heterocycles. The first-order valence-corrected chi connectivity index (χ1v) is 10.2. The molecule has 1 fully saturated rings. The van der Waals surface area contributed by atoms with Crippen molar-refractivity contribution >= 4 is 49.1 Å². The predicted molar refractivity (Wildman–Crippen MR) is 104 cm³/mol. The molecule has 25 heavy (non-hydrogen) atoms. The first-order chi connectivity index (χ1) is 12.0. The van der Waals surface area contributed by atoms with Crippen molar-refractivity contribution in [3.05, 3.63) is 48.8 Å². The maximum Gasteiger partial charge on any atom is 0.264 e. The Morgan fingerprint density at radius 2 is 1.96 bits per heavy atom. The molecule has 0 atom stereocenters. The van der Waals surface area contributed by atoms with Crippen molar-refractivity contribution in [2.24, 2.45) is 0 Å². The summed E-state index contributed by atoms with van der Waals surface area (Å²) < 4.78 is 20.6. The number of methoxy groups -OCH3 is 1. The fourth-order valence-corrected chi connectivity index (χ4v) is 4.79. The van der Waals surface area contributed by atoms with Crippen LogP contribution in [0.25, 0.3) is 0 Å². The van der Waals surface area contributed by atoms with E-state index in [1.165, 1.54) is 24.5 Å². The molecule has 0 spiro atoms. The summed E-state index contributed by atoms with van der Waals surface area (Å²) in [6.07, 6.45) is 0. The number of carbonyl (C=O) groups is 1. The van der Waals surface area contributed by atoms with Gasteiger partial charge in [-0.3, -0.25) is 9.69 Å². The van der Waals surface area contributed by atoms with Gasteiger partial charge in [0.05, 0.1) is 15.8 Å². The number of hydrogen-bond acceptors (Lipinski definition) is 4. The molecule has 0 unspecified atom stereocenters. The summed E-state index contributed by atoms with van der Waals surface area (Å²) >= 11 is 8.28. The molecule has 8 heteroatoms. The Labute approximate surface area is 166 Å². The van der Waals surface area contributed by atoms with E-state index in [-0.39, 0.29) is 17.5 Å². The van der Waals surface area contributed by atoms with Gasteiger partial charge in [0.1, 0.15) is 0 Å². The highest BCUT2D eigenvalue weighted by atomic mass is 79.9. The Balaban J connectivity index is 1.56. The normalized spacial score (nSPS) is 15.4. The number of carbonyl (C=O) groups excluding carboxylic acids is 1. The lowest BCUT2D eigenvalue weighted by atomic mass is 10.1. The van der Waals surface area contributed by atoms with E-state index in [0.29, 0.717) is 19.6 Å². The maximum absolute atomic E-state index is 13.8. The van der Waals surface area contributed by atoms with Gasteiger partial charge >= 0.3 is 0 Å². The Morgan fingerprint density at radius 1 is 1.24 bits per heavy atom. The van der Waals surface area contributed by atoms with Crippen molar-refractivity contribution in [2.75, 3.05) is 33.3 Å². The number of ether oxygens (including phenoxy) is 1. The van der Waals surface area contributed by atoms with Crippen LogP contribution in [-0.2, 0) is 6.54 Å². The van der Waals surface area contributed by atoms with E-state index in [4.69, 9.17) is 4.74 Å². The number of benzene rings is 1. The number of thiophene rings is 1. The van der Waals surface area contributed by atoms with Crippen LogP contribution >= 0.6 is 43.2 Å². The molecular weight excluding hydrogens is 475 g/mol. The highest BCUT2D eigenvalue weighted by molar-refractivity contribution is 9.13. The first kappa shape index (κ1) is 18.8. The van der Waals surface area contributed by atoms with Crippen molar-refractivity contribution in [2.45, 2.75) is 6.54 Å². The van der Waals surface area contributed by atoms with Gasteiger partial charge in [0, 0.05) is 37.2 Å². The maximum atomic E-state index is 13.8. The lowest BCUT2D eigenvalue weighted by Gasteiger charge is -2.34. The standard InChI is InChI=1S/C17H17Br2FN2O2S/c1-24-14-3-2-11(8-13(14)20)10-21-4-6-22(7-5-21)17(23)15-9-12(18)16(19)25-15/h2-3,8-9H,4-7,10H2,1H3. The van der Waals surface area contributed by atoms with Gasteiger partial charge < -0.3 is 9.64 Å². The van der Waals surface area contributed by atoms with Crippen LogP contribution < -0.4 is 4.74 Å². The van der Waals surface area contributed by atoms with E-state index < -0.39 is 0 Å². The van der Waals surface area contributed by atoms with Crippen LogP contribution in [0.2, 0.25) is 0 Å². The zero-order valence-corrected chi connectivity index (χ0v) is 17.6. The fraction of sp³-hybridized carbons (Fsp3) is 0.353. The van der Waals surface area contributed by atoms with Crippen LogP contribution in [0.3, 0.4) is 0 Å². The molecular formula is C17H17Br2FN2O2S. The quantitative estimate of drug-likeness (QED) is 0.636. The minimum Gasteiger partial charge on any atom is -0.494 e. The minimum absolute atomic E-state index is 0.0616. The molecule has 0 saturated carbocycles. The molecule has 0 bridgehead atoms. The molecule has 1 saturated heterocycles. The van der Waals surface area contributed by atoms with Crippen molar-refractivity contribution in [3.8, 4) is 5.75 Å². The van der Waals surface area contributed by atoms with Gasteiger partial charge in [-0.05, 0) is 55.6 Å². The average Bonchev–Trinajstić information content (AvgIpc) is 2.94. The smallest absolute Gasteiger partial charge is 0.264 e. The van der Waals surface area contributed by atoms with E-state index >= 15 is 0 Å². The lowest BCUT2D eigenvalue weighted by Crippen LogP contribution is -2.48. The van der Waals surface area contributed by atoms with E-state index in [9.17, 15) is 9.18 Å². The van der Waals surface area contributed by atoms with Crippen molar-refractivity contribution in [3.63, 3.8) is 0 Å². The second kappa shape index (κ2) is 8.16. The number of piperazine rings is 1. The van der Waals surface area contributed by atoms with E-state index in [1.54, 1.807) is 6.07 Å². The number of hydrogen-bond donors (Lipinski definition) is 0. The minimum atomic E-state index is -0.345. The Kier molecular flexibility index (Phi) is 6.14. The molecule has 3 rings (SSSR count). The van der Waals surface area contributed by atoms with Crippen molar-refractivity contribution in [1.82, 2.24) is 9.80 Å². The number of halogens is 3. The third kappa shape index (κ3) is 4.42. The molecule has 0 aliphatic carbocycles. The third-order valence-electron chi connectivity index (χ3n) is 4.14. The summed E-state index contributed by atoms with van der Waals surface area (Å²) in [5.41, 5.74) is 0.907. The molecule has 1 aliphatic heterocycles. The highest BCUT2D eigenvalue weighted by Crippen LogP contribution is 2.33. The summed E-state index contributed by atoms with van der Waals surface area (Å²) in [4.78, 5) is 17.4. The van der Waals surface area contributed by atoms with Gasteiger partial charge in [0.2, 0.25) is 0 Å². The zero-order chi connectivity index (χ0) is 18.0. The van der Waals surface area contributed by atoms with Crippen LogP contribution in [0.1, 0.15) is 15.2 Å². The molecule has 1 aliphatic rings. The summed E-state index contributed by atoms with van der Waals surface area (Å²) in [7, 11) is 1.46. The summed E-state index contributed by atoms with van der Waals surface area (Å²) in [6.45, 7) is 3.55. The topological polar surface area (TPSA) is 32.8 Å². The summed E-state index contributed by atoms with van der Waals surface area (Å²) in [5.74, 6) is -0.0263. The van der Waals surface area contributed by atoms with Crippen LogP contribution in [0.15, 0.2) is 32.5 Å². The molecule has 4 nitrogen and oxygen atoms in total. The van der Waals surface area contributed by atoms with E-state index in [1.807, 2.05) is 17.0 Å². The summed E-state index contributed by atoms with van der Waals surface area (Å²) in [6, 6.07) is 6.89.